The van der Waals surface area contributed by atoms with Crippen molar-refractivity contribution in [2.24, 2.45) is 5.92 Å². The summed E-state index contributed by atoms with van der Waals surface area (Å²) in [6.07, 6.45) is 4.17. The standard InChI is InChI=1S/C23H30N4O2/c1-16-10-19(13-24-12-16)21(28)25-20-7-5-6-17(11-20)14-27-9-8-18(15-27)22(29)26-23(2,3)4/h5-7,10-13,18H,8-9,14-15H2,1-4H3,(H,25,28)(H,26,29). The average molecular weight is 395 g/mol. The minimum Gasteiger partial charge on any atom is -0.351 e. The molecule has 2 N–H and O–H groups in total. The Morgan fingerprint density at radius 3 is 2.72 bits per heavy atom. The van der Waals surface area contributed by atoms with Crippen molar-refractivity contribution in [2.75, 3.05) is 18.4 Å². The number of hydrogen-bond donors (Lipinski definition) is 2. The van der Waals surface area contributed by atoms with Gasteiger partial charge in [-0.1, -0.05) is 12.1 Å². The summed E-state index contributed by atoms with van der Waals surface area (Å²) >= 11 is 0. The third-order valence-electron chi connectivity index (χ3n) is 4.87. The van der Waals surface area contributed by atoms with Gasteiger partial charge in [-0.15, -0.1) is 0 Å². The van der Waals surface area contributed by atoms with Gasteiger partial charge in [0.15, 0.2) is 0 Å². The molecule has 1 fully saturated rings. The Bertz CT molecular complexity index is 888. The molecule has 2 amide bonds. The number of benzene rings is 1. The summed E-state index contributed by atoms with van der Waals surface area (Å²) in [7, 11) is 0. The van der Waals surface area contributed by atoms with E-state index >= 15 is 0 Å². The summed E-state index contributed by atoms with van der Waals surface area (Å²) in [6, 6.07) is 9.68. The van der Waals surface area contributed by atoms with Gasteiger partial charge in [0, 0.05) is 36.7 Å². The Kier molecular flexibility index (Phi) is 6.33. The van der Waals surface area contributed by atoms with Gasteiger partial charge in [0.2, 0.25) is 5.91 Å². The van der Waals surface area contributed by atoms with E-state index in [0.717, 1.165) is 42.9 Å². The predicted octanol–water partition coefficient (Wildman–Crippen LogP) is 3.38. The number of nitrogens with one attached hydrogen (secondary N) is 2. The summed E-state index contributed by atoms with van der Waals surface area (Å²) in [4.78, 5) is 31.2. The van der Waals surface area contributed by atoms with Crippen LogP contribution in [0.2, 0.25) is 0 Å². The number of rotatable bonds is 5. The first-order valence-corrected chi connectivity index (χ1v) is 10.1. The number of likely N-dealkylation sites (tertiary alicyclic amines) is 1. The van der Waals surface area contributed by atoms with Crippen LogP contribution in [-0.2, 0) is 11.3 Å². The molecule has 0 radical (unpaired) electrons. The molecule has 29 heavy (non-hydrogen) atoms. The lowest BCUT2D eigenvalue weighted by molar-refractivity contribution is -0.126. The highest BCUT2D eigenvalue weighted by Gasteiger charge is 2.30. The van der Waals surface area contributed by atoms with Gasteiger partial charge in [0.25, 0.3) is 5.91 Å². The first-order chi connectivity index (χ1) is 13.7. The molecule has 1 aromatic carbocycles. The van der Waals surface area contributed by atoms with Crippen molar-refractivity contribution in [3.8, 4) is 0 Å². The number of hydrogen-bond acceptors (Lipinski definition) is 4. The highest BCUT2D eigenvalue weighted by atomic mass is 16.2. The lowest BCUT2D eigenvalue weighted by atomic mass is 10.0. The fourth-order valence-corrected chi connectivity index (χ4v) is 3.55. The molecule has 154 valence electrons. The normalized spacial score (nSPS) is 17.2. The molecule has 1 saturated heterocycles. The Morgan fingerprint density at radius 1 is 1.21 bits per heavy atom. The van der Waals surface area contributed by atoms with Crippen molar-refractivity contribution in [3.63, 3.8) is 0 Å². The van der Waals surface area contributed by atoms with Crippen molar-refractivity contribution in [1.82, 2.24) is 15.2 Å². The van der Waals surface area contributed by atoms with Gasteiger partial charge < -0.3 is 10.6 Å². The quantitative estimate of drug-likeness (QED) is 0.815. The minimum absolute atomic E-state index is 0.0333. The molecule has 0 aliphatic carbocycles. The molecule has 1 unspecified atom stereocenters. The van der Waals surface area contributed by atoms with E-state index in [1.54, 1.807) is 12.4 Å². The molecule has 6 heteroatoms. The number of aryl methyl sites for hydroxylation is 1. The SMILES string of the molecule is Cc1cncc(C(=O)Nc2cccc(CN3CCC(C(=O)NC(C)(C)C)C3)c2)c1. The molecular weight excluding hydrogens is 364 g/mol. The Hall–Kier alpha value is -2.73. The smallest absolute Gasteiger partial charge is 0.257 e. The summed E-state index contributed by atoms with van der Waals surface area (Å²) in [6.45, 7) is 10.3. The van der Waals surface area contributed by atoms with Gasteiger partial charge in [-0.3, -0.25) is 19.5 Å². The molecule has 0 saturated carbocycles. The zero-order valence-electron chi connectivity index (χ0n) is 17.7. The maximum atomic E-state index is 12.4. The number of anilines is 1. The monoisotopic (exact) mass is 394 g/mol. The highest BCUT2D eigenvalue weighted by molar-refractivity contribution is 6.04. The van der Waals surface area contributed by atoms with Gasteiger partial charge in [-0.2, -0.15) is 0 Å². The summed E-state index contributed by atoms with van der Waals surface area (Å²) in [5.74, 6) is -0.00264. The van der Waals surface area contributed by atoms with Gasteiger partial charge in [-0.05, 0) is 70.0 Å². The van der Waals surface area contributed by atoms with Gasteiger partial charge in [0.05, 0.1) is 11.5 Å². The van der Waals surface area contributed by atoms with Crippen LogP contribution in [0.1, 0.15) is 48.7 Å². The van der Waals surface area contributed by atoms with Gasteiger partial charge in [0.1, 0.15) is 0 Å². The van der Waals surface area contributed by atoms with Crippen LogP contribution in [0.15, 0.2) is 42.7 Å². The summed E-state index contributed by atoms with van der Waals surface area (Å²) in [5, 5.41) is 6.02. The molecule has 0 bridgehead atoms. The number of carbonyl (C=O) groups is 2. The van der Waals surface area contributed by atoms with Crippen LogP contribution in [0.3, 0.4) is 0 Å². The topological polar surface area (TPSA) is 74.3 Å². The lowest BCUT2D eigenvalue weighted by Gasteiger charge is -2.23. The van der Waals surface area contributed by atoms with Crippen molar-refractivity contribution in [3.05, 3.63) is 59.4 Å². The van der Waals surface area contributed by atoms with E-state index in [1.165, 1.54) is 0 Å². The molecule has 3 rings (SSSR count). The summed E-state index contributed by atoms with van der Waals surface area (Å²) in [5.41, 5.74) is 3.16. The van der Waals surface area contributed by atoms with Crippen LogP contribution >= 0.6 is 0 Å². The molecule has 1 aliphatic heterocycles. The van der Waals surface area contributed by atoms with Crippen LogP contribution < -0.4 is 10.6 Å². The maximum absolute atomic E-state index is 12.4. The Labute approximate surface area is 172 Å². The zero-order chi connectivity index (χ0) is 21.0. The lowest BCUT2D eigenvalue weighted by Crippen LogP contribution is -2.44. The Morgan fingerprint density at radius 2 is 2.00 bits per heavy atom. The average Bonchev–Trinajstić information content (AvgIpc) is 3.09. The second-order valence-corrected chi connectivity index (χ2v) is 8.87. The highest BCUT2D eigenvalue weighted by Crippen LogP contribution is 2.21. The van der Waals surface area contributed by atoms with E-state index in [9.17, 15) is 9.59 Å². The second-order valence-electron chi connectivity index (χ2n) is 8.87. The number of nitrogens with zero attached hydrogens (tertiary/aromatic N) is 2. The summed E-state index contributed by atoms with van der Waals surface area (Å²) < 4.78 is 0. The van der Waals surface area contributed by atoms with Gasteiger partial charge in [-0.25, -0.2) is 0 Å². The van der Waals surface area contributed by atoms with Crippen LogP contribution in [0.25, 0.3) is 0 Å². The minimum atomic E-state index is -0.205. The van der Waals surface area contributed by atoms with Crippen LogP contribution in [0.4, 0.5) is 5.69 Å². The van der Waals surface area contributed by atoms with Crippen LogP contribution in [0, 0.1) is 12.8 Å². The van der Waals surface area contributed by atoms with Crippen molar-refractivity contribution in [1.29, 1.82) is 0 Å². The van der Waals surface area contributed by atoms with Crippen LogP contribution in [0.5, 0.6) is 0 Å². The number of aromatic nitrogens is 1. The number of amides is 2. The Balaban J connectivity index is 1.58. The van der Waals surface area contributed by atoms with E-state index in [4.69, 9.17) is 0 Å². The first-order valence-electron chi connectivity index (χ1n) is 10.1. The van der Waals surface area contributed by atoms with Crippen molar-refractivity contribution >= 4 is 17.5 Å². The predicted molar refractivity (Wildman–Crippen MR) is 115 cm³/mol. The van der Waals surface area contributed by atoms with Crippen molar-refractivity contribution in [2.45, 2.75) is 46.2 Å². The van der Waals surface area contributed by atoms with Crippen molar-refractivity contribution < 1.29 is 9.59 Å². The zero-order valence-corrected chi connectivity index (χ0v) is 17.7. The molecular formula is C23H30N4O2. The molecule has 0 spiro atoms. The molecule has 1 aromatic heterocycles. The van der Waals surface area contributed by atoms with E-state index < -0.39 is 0 Å². The molecule has 1 atom stereocenters. The van der Waals surface area contributed by atoms with E-state index in [1.807, 2.05) is 58.0 Å². The van der Waals surface area contributed by atoms with E-state index in [-0.39, 0.29) is 23.3 Å². The molecule has 1 aliphatic rings. The van der Waals surface area contributed by atoms with E-state index in [0.29, 0.717) is 5.56 Å². The molecule has 2 heterocycles. The maximum Gasteiger partial charge on any atom is 0.257 e. The van der Waals surface area contributed by atoms with Crippen LogP contribution in [-0.4, -0.2) is 40.3 Å². The third kappa shape index (κ3) is 6.12. The largest absolute Gasteiger partial charge is 0.351 e. The fraction of sp³-hybridized carbons (Fsp3) is 0.435. The van der Waals surface area contributed by atoms with Gasteiger partial charge >= 0.3 is 0 Å². The third-order valence-corrected chi connectivity index (χ3v) is 4.87. The second kappa shape index (κ2) is 8.74. The number of carbonyl (C=O) groups excluding carboxylic acids is 2. The number of pyridine rings is 1. The first kappa shape index (κ1) is 21.0. The molecule has 6 nitrogen and oxygen atoms in total. The molecule has 2 aromatic rings. The van der Waals surface area contributed by atoms with E-state index in [2.05, 4.69) is 20.5 Å². The fourth-order valence-electron chi connectivity index (χ4n) is 3.55.